The number of aromatic hydroxyl groups is 1. The van der Waals surface area contributed by atoms with Crippen molar-refractivity contribution in [3.63, 3.8) is 0 Å². The molecule has 0 bridgehead atoms. The fraction of sp³-hybridized carbons (Fsp3) is 0.533. The van der Waals surface area contributed by atoms with Crippen LogP contribution in [0.3, 0.4) is 0 Å². The molecule has 4 nitrogen and oxygen atoms in total. The molecule has 0 spiro atoms. The van der Waals surface area contributed by atoms with E-state index in [0.29, 0.717) is 11.3 Å². The van der Waals surface area contributed by atoms with Gasteiger partial charge in [0.2, 0.25) is 0 Å². The van der Waals surface area contributed by atoms with Gasteiger partial charge in [-0.25, -0.2) is 4.79 Å². The normalized spacial score (nSPS) is 16.4. The van der Waals surface area contributed by atoms with Crippen molar-refractivity contribution in [2.45, 2.75) is 94.4 Å². The highest BCUT2D eigenvalue weighted by molar-refractivity contribution is 5.96. The molecule has 0 aliphatic rings. The Labute approximate surface area is 206 Å². The molecule has 1 N–H and O–H groups in total. The van der Waals surface area contributed by atoms with E-state index in [0.717, 1.165) is 41.6 Å². The monoisotopic (exact) mass is 468 g/mol. The molecule has 0 saturated carbocycles. The second-order valence-corrected chi connectivity index (χ2v) is 10.0. The van der Waals surface area contributed by atoms with Crippen molar-refractivity contribution in [3.05, 3.63) is 73.9 Å². The third kappa shape index (κ3) is 8.62. The maximum Gasteiger partial charge on any atom is 0.342 e. The highest BCUT2D eigenvalue weighted by Crippen LogP contribution is 2.31. The minimum absolute atomic E-state index is 0.0245. The van der Waals surface area contributed by atoms with Crippen LogP contribution in [0.25, 0.3) is 0 Å². The zero-order chi connectivity index (χ0) is 26.2. The van der Waals surface area contributed by atoms with E-state index in [1.807, 2.05) is 20.8 Å². The number of rotatable bonds is 11. The Bertz CT molecular complexity index is 1050. The van der Waals surface area contributed by atoms with Gasteiger partial charge in [-0.05, 0) is 65.9 Å². The van der Waals surface area contributed by atoms with Crippen LogP contribution in [0.2, 0.25) is 0 Å². The maximum atomic E-state index is 12.5. The Morgan fingerprint density at radius 2 is 1.59 bits per heavy atom. The Kier molecular flexibility index (Phi) is 11.5. The number of hydrogen-bond acceptors (Lipinski definition) is 4. The number of carbonyl (C=O) groups excluding carboxylic acids is 1. The van der Waals surface area contributed by atoms with Gasteiger partial charge in [0.1, 0.15) is 11.5 Å². The van der Waals surface area contributed by atoms with Crippen LogP contribution in [0.5, 0.6) is 5.75 Å². The van der Waals surface area contributed by atoms with Crippen LogP contribution in [-0.2, 0) is 4.79 Å². The third-order valence-electron chi connectivity index (χ3n) is 6.19. The van der Waals surface area contributed by atoms with E-state index in [9.17, 15) is 14.7 Å². The lowest BCUT2D eigenvalue weighted by Gasteiger charge is -2.15. The van der Waals surface area contributed by atoms with Gasteiger partial charge < -0.3 is 9.52 Å². The third-order valence-corrected chi connectivity index (χ3v) is 6.19. The molecule has 3 atom stereocenters. The van der Waals surface area contributed by atoms with Crippen LogP contribution in [0, 0.1) is 25.7 Å². The minimum atomic E-state index is -0.483. The Morgan fingerprint density at radius 3 is 2.18 bits per heavy atom. The predicted molar refractivity (Wildman–Crippen MR) is 142 cm³/mol. The topological polar surface area (TPSA) is 67.5 Å². The highest BCUT2D eigenvalue weighted by atomic mass is 16.4. The lowest BCUT2D eigenvalue weighted by molar-refractivity contribution is -0.118. The van der Waals surface area contributed by atoms with Gasteiger partial charge in [-0.2, -0.15) is 0 Å². The van der Waals surface area contributed by atoms with Crippen molar-refractivity contribution in [3.8, 4) is 5.75 Å². The molecule has 0 aliphatic carbocycles. The first-order chi connectivity index (χ1) is 15.8. The molecule has 1 heterocycles. The zero-order valence-corrected chi connectivity index (χ0v) is 22.8. The molecule has 0 aliphatic heterocycles. The second kappa shape index (κ2) is 13.3. The average Bonchev–Trinajstić information content (AvgIpc) is 2.73. The summed E-state index contributed by atoms with van der Waals surface area (Å²) in [5, 5.41) is 10.2. The van der Waals surface area contributed by atoms with E-state index in [4.69, 9.17) is 4.42 Å². The summed E-state index contributed by atoms with van der Waals surface area (Å²) in [5.41, 5.74) is 4.67. The van der Waals surface area contributed by atoms with E-state index in [1.165, 1.54) is 0 Å². The van der Waals surface area contributed by atoms with Crippen LogP contribution >= 0.6 is 0 Å². The summed E-state index contributed by atoms with van der Waals surface area (Å²) in [5.74, 6) is 1.03. The summed E-state index contributed by atoms with van der Waals surface area (Å²) in [6.07, 6.45) is 11.2. The highest BCUT2D eigenvalue weighted by Gasteiger charge is 2.18. The van der Waals surface area contributed by atoms with E-state index in [-0.39, 0.29) is 34.8 Å². The van der Waals surface area contributed by atoms with E-state index in [1.54, 1.807) is 13.8 Å². The number of carbonyl (C=O) groups is 1. The van der Waals surface area contributed by atoms with Crippen LogP contribution in [0.1, 0.15) is 97.5 Å². The number of hydrogen-bond donors (Lipinski definition) is 1. The van der Waals surface area contributed by atoms with Crippen LogP contribution in [-0.4, -0.2) is 10.9 Å². The molecule has 0 aromatic carbocycles. The second-order valence-electron chi connectivity index (χ2n) is 10.0. The molecular weight excluding hydrogens is 424 g/mol. The molecule has 1 aromatic rings. The van der Waals surface area contributed by atoms with E-state index in [2.05, 4.69) is 58.9 Å². The Hall–Kier alpha value is -2.62. The molecule has 34 heavy (non-hydrogen) atoms. The van der Waals surface area contributed by atoms with Crippen molar-refractivity contribution in [1.29, 1.82) is 0 Å². The van der Waals surface area contributed by atoms with Crippen molar-refractivity contribution in [2.24, 2.45) is 11.8 Å². The van der Waals surface area contributed by atoms with Gasteiger partial charge >= 0.3 is 5.63 Å². The van der Waals surface area contributed by atoms with Gasteiger partial charge in [-0.15, -0.1) is 0 Å². The number of ketones is 1. The first-order valence-electron chi connectivity index (χ1n) is 12.4. The summed E-state index contributed by atoms with van der Waals surface area (Å²) in [7, 11) is 0. The zero-order valence-electron chi connectivity index (χ0n) is 22.8. The summed E-state index contributed by atoms with van der Waals surface area (Å²) in [6, 6.07) is 0. The van der Waals surface area contributed by atoms with Crippen molar-refractivity contribution >= 4 is 5.78 Å². The largest absolute Gasteiger partial charge is 0.507 e. The quantitative estimate of drug-likeness (QED) is 0.265. The minimum Gasteiger partial charge on any atom is -0.507 e. The van der Waals surface area contributed by atoms with Crippen molar-refractivity contribution < 1.29 is 14.3 Å². The van der Waals surface area contributed by atoms with Crippen LogP contribution in [0.4, 0.5) is 0 Å². The molecule has 4 heteroatoms. The van der Waals surface area contributed by atoms with Gasteiger partial charge in [0.05, 0.1) is 5.56 Å². The standard InChI is InChI=1S/C30H44O4/c1-11-12-22(6)27(31)23(7)16-20(4)14-18(2)13-19(3)15-21(5)17-24(8)29-25(9)28(32)26(10)30(33)34-29/h13-16,20,22,24,32H,11-12,17H2,1-10H3/b18-14+,19-13+,21-15+,23-16+. The van der Waals surface area contributed by atoms with Gasteiger partial charge in [0.15, 0.2) is 5.78 Å². The molecule has 1 aromatic heterocycles. The first-order valence-corrected chi connectivity index (χ1v) is 12.4. The number of allylic oxidation sites excluding steroid dienone is 8. The van der Waals surface area contributed by atoms with Gasteiger partial charge in [-0.1, -0.05) is 75.1 Å². The van der Waals surface area contributed by atoms with Crippen molar-refractivity contribution in [1.82, 2.24) is 0 Å². The Balaban J connectivity index is 2.92. The van der Waals surface area contributed by atoms with Gasteiger partial charge in [-0.3, -0.25) is 4.79 Å². The summed E-state index contributed by atoms with van der Waals surface area (Å²) in [4.78, 5) is 24.4. The van der Waals surface area contributed by atoms with Crippen LogP contribution < -0.4 is 5.63 Å². The average molecular weight is 469 g/mol. The molecule has 0 amide bonds. The fourth-order valence-corrected chi connectivity index (χ4v) is 4.58. The summed E-state index contributed by atoms with van der Waals surface area (Å²) < 4.78 is 5.48. The first kappa shape index (κ1) is 29.4. The lowest BCUT2D eigenvalue weighted by atomic mass is 9.93. The molecule has 0 saturated heterocycles. The summed E-state index contributed by atoms with van der Waals surface area (Å²) >= 11 is 0. The van der Waals surface area contributed by atoms with Crippen LogP contribution in [0.15, 0.2) is 55.8 Å². The number of Topliss-reactive ketones (excluding diaryl/α,β-unsaturated/α-hetero) is 1. The van der Waals surface area contributed by atoms with E-state index < -0.39 is 5.63 Å². The van der Waals surface area contributed by atoms with E-state index >= 15 is 0 Å². The van der Waals surface area contributed by atoms with Crippen molar-refractivity contribution in [2.75, 3.05) is 0 Å². The molecule has 1 rings (SSSR count). The molecular formula is C30H44O4. The molecule has 0 fully saturated rings. The lowest BCUT2D eigenvalue weighted by Crippen LogP contribution is -2.12. The van der Waals surface area contributed by atoms with Gasteiger partial charge in [0, 0.05) is 17.4 Å². The maximum absolute atomic E-state index is 12.5. The molecule has 3 unspecified atom stereocenters. The smallest absolute Gasteiger partial charge is 0.342 e. The fourth-order valence-electron chi connectivity index (χ4n) is 4.58. The molecule has 0 radical (unpaired) electrons. The Morgan fingerprint density at radius 1 is 0.971 bits per heavy atom. The SMILES string of the molecule is CCCC(C)C(=O)/C(C)=C/C(C)/C=C(C)/C=C(C)/C=C(\C)CC(C)c1oc(=O)c(C)c(O)c1C. The van der Waals surface area contributed by atoms with Gasteiger partial charge in [0.25, 0.3) is 0 Å². The summed E-state index contributed by atoms with van der Waals surface area (Å²) in [6.45, 7) is 19.7. The predicted octanol–water partition coefficient (Wildman–Crippen LogP) is 7.88. The molecule has 188 valence electrons.